The van der Waals surface area contributed by atoms with Crippen LogP contribution in [-0.2, 0) is 15.9 Å². The first-order valence-electron chi connectivity index (χ1n) is 10.3. The summed E-state index contributed by atoms with van der Waals surface area (Å²) in [5.41, 5.74) is 2.05. The number of amides is 1. The predicted molar refractivity (Wildman–Crippen MR) is 112 cm³/mol. The Morgan fingerprint density at radius 3 is 2.43 bits per heavy atom. The van der Waals surface area contributed by atoms with Crippen molar-refractivity contribution >= 4 is 11.9 Å². The first-order valence-corrected chi connectivity index (χ1v) is 10.3. The van der Waals surface area contributed by atoms with E-state index in [0.717, 1.165) is 19.3 Å². The molecule has 7 heteroatoms. The molecule has 1 aliphatic rings. The molecule has 1 aromatic carbocycles. The smallest absolute Gasteiger partial charge is 0.342 e. The molecule has 2 heterocycles. The monoisotopic (exact) mass is 411 g/mol. The Morgan fingerprint density at radius 2 is 1.77 bits per heavy atom. The number of likely N-dealkylation sites (tertiary alicyclic amines) is 1. The van der Waals surface area contributed by atoms with Gasteiger partial charge in [0.15, 0.2) is 0 Å². The molecule has 2 aromatic rings. The number of hydrogen-bond donors (Lipinski definition) is 0. The van der Waals surface area contributed by atoms with Crippen molar-refractivity contribution < 1.29 is 19.1 Å². The molecule has 1 fully saturated rings. The summed E-state index contributed by atoms with van der Waals surface area (Å²) in [7, 11) is 1.53. The summed E-state index contributed by atoms with van der Waals surface area (Å²) in [6.45, 7) is 5.12. The van der Waals surface area contributed by atoms with Gasteiger partial charge >= 0.3 is 5.97 Å². The molecular formula is C23H29N3O4. The minimum atomic E-state index is -0.591. The number of nitrogens with zero attached hydrogens (tertiary/aromatic N) is 3. The zero-order valence-electron chi connectivity index (χ0n) is 17.9. The molecule has 1 aliphatic heterocycles. The summed E-state index contributed by atoms with van der Waals surface area (Å²) in [5, 5.41) is 0. The van der Waals surface area contributed by atoms with Gasteiger partial charge in [-0.05, 0) is 44.6 Å². The number of benzene rings is 1. The lowest BCUT2D eigenvalue weighted by atomic mass is 9.90. The maximum Gasteiger partial charge on any atom is 0.342 e. The first-order chi connectivity index (χ1) is 14.5. The lowest BCUT2D eigenvalue weighted by Gasteiger charge is -2.32. The minimum absolute atomic E-state index is 0.112. The molecule has 0 spiro atoms. The number of carbonyl (C=O) groups is 2. The van der Waals surface area contributed by atoms with Gasteiger partial charge < -0.3 is 14.4 Å². The standard InChI is InChI=1S/C23H29N3O4/c1-16-20(23(28)30-14-13-29-3)21(25-17(2)24-16)22(27)26-11-9-19(10-12-26)15-18-7-5-4-6-8-18/h4-8,19H,9-15H2,1-3H3. The van der Waals surface area contributed by atoms with E-state index < -0.39 is 5.97 Å². The maximum absolute atomic E-state index is 13.2. The fraction of sp³-hybridized carbons (Fsp3) is 0.478. The van der Waals surface area contributed by atoms with Crippen LogP contribution in [0.3, 0.4) is 0 Å². The van der Waals surface area contributed by atoms with Crippen molar-refractivity contribution in [3.63, 3.8) is 0 Å². The van der Waals surface area contributed by atoms with Gasteiger partial charge in [-0.2, -0.15) is 0 Å². The van der Waals surface area contributed by atoms with E-state index in [0.29, 0.717) is 30.5 Å². The maximum atomic E-state index is 13.2. The van der Waals surface area contributed by atoms with E-state index >= 15 is 0 Å². The number of piperidine rings is 1. The molecule has 0 radical (unpaired) electrons. The van der Waals surface area contributed by atoms with Crippen molar-refractivity contribution in [1.82, 2.24) is 14.9 Å². The number of ether oxygens (including phenoxy) is 2. The second kappa shape index (κ2) is 10.3. The summed E-state index contributed by atoms with van der Waals surface area (Å²) >= 11 is 0. The average molecular weight is 412 g/mol. The van der Waals surface area contributed by atoms with Crippen LogP contribution in [-0.4, -0.2) is 60.2 Å². The van der Waals surface area contributed by atoms with Gasteiger partial charge in [-0.25, -0.2) is 14.8 Å². The molecular weight excluding hydrogens is 382 g/mol. The highest BCUT2D eigenvalue weighted by Gasteiger charge is 2.30. The van der Waals surface area contributed by atoms with Crippen LogP contribution in [0.1, 0.15) is 50.8 Å². The van der Waals surface area contributed by atoms with Crippen LogP contribution < -0.4 is 0 Å². The molecule has 3 rings (SSSR count). The van der Waals surface area contributed by atoms with Crippen LogP contribution in [0.5, 0.6) is 0 Å². The Hall–Kier alpha value is -2.80. The summed E-state index contributed by atoms with van der Waals surface area (Å²) in [5.74, 6) is 0.180. The van der Waals surface area contributed by atoms with E-state index in [1.54, 1.807) is 18.7 Å². The Bertz CT molecular complexity index is 878. The fourth-order valence-electron chi connectivity index (χ4n) is 3.84. The van der Waals surface area contributed by atoms with Gasteiger partial charge in [0.2, 0.25) is 0 Å². The molecule has 0 N–H and O–H groups in total. The number of aromatic nitrogens is 2. The number of rotatable bonds is 7. The van der Waals surface area contributed by atoms with E-state index in [4.69, 9.17) is 9.47 Å². The van der Waals surface area contributed by atoms with Crippen molar-refractivity contribution in [2.24, 2.45) is 5.92 Å². The molecule has 1 amide bonds. The largest absolute Gasteiger partial charge is 0.460 e. The Labute approximate surface area is 177 Å². The zero-order valence-corrected chi connectivity index (χ0v) is 17.9. The van der Waals surface area contributed by atoms with Crippen LogP contribution >= 0.6 is 0 Å². The highest BCUT2D eigenvalue weighted by Crippen LogP contribution is 2.24. The van der Waals surface area contributed by atoms with Gasteiger partial charge in [-0.1, -0.05) is 30.3 Å². The van der Waals surface area contributed by atoms with E-state index in [2.05, 4.69) is 34.2 Å². The SMILES string of the molecule is COCCOC(=O)c1c(C)nc(C)nc1C(=O)N1CCC(Cc2ccccc2)CC1. The molecule has 160 valence electrons. The Morgan fingerprint density at radius 1 is 1.07 bits per heavy atom. The third-order valence-corrected chi connectivity index (χ3v) is 5.40. The van der Waals surface area contributed by atoms with Gasteiger partial charge in [0.25, 0.3) is 5.91 Å². The summed E-state index contributed by atoms with van der Waals surface area (Å²) in [6, 6.07) is 10.4. The highest BCUT2D eigenvalue weighted by atomic mass is 16.6. The Kier molecular flexibility index (Phi) is 7.52. The highest BCUT2D eigenvalue weighted by molar-refractivity contribution is 6.04. The van der Waals surface area contributed by atoms with Gasteiger partial charge in [-0.3, -0.25) is 4.79 Å². The van der Waals surface area contributed by atoms with Crippen molar-refractivity contribution in [2.45, 2.75) is 33.1 Å². The van der Waals surface area contributed by atoms with Crippen molar-refractivity contribution in [1.29, 1.82) is 0 Å². The lowest BCUT2D eigenvalue weighted by Crippen LogP contribution is -2.40. The molecule has 30 heavy (non-hydrogen) atoms. The van der Waals surface area contributed by atoms with Gasteiger partial charge in [0.05, 0.1) is 12.3 Å². The fourth-order valence-corrected chi connectivity index (χ4v) is 3.84. The summed E-state index contributed by atoms with van der Waals surface area (Å²) in [6.07, 6.45) is 2.88. The first kappa shape index (κ1) is 21.9. The van der Waals surface area contributed by atoms with Gasteiger partial charge in [0.1, 0.15) is 23.7 Å². The van der Waals surface area contributed by atoms with E-state index in [9.17, 15) is 9.59 Å². The Balaban J connectivity index is 1.70. The molecule has 0 saturated carbocycles. The van der Waals surface area contributed by atoms with E-state index in [-0.39, 0.29) is 30.4 Å². The quantitative estimate of drug-likeness (QED) is 0.515. The van der Waals surface area contributed by atoms with Crippen molar-refractivity contribution in [3.05, 3.63) is 58.7 Å². The van der Waals surface area contributed by atoms with Crippen molar-refractivity contribution in [2.75, 3.05) is 33.4 Å². The van der Waals surface area contributed by atoms with E-state index in [1.165, 1.54) is 12.7 Å². The molecule has 1 aromatic heterocycles. The zero-order chi connectivity index (χ0) is 21.5. The third-order valence-electron chi connectivity index (χ3n) is 5.40. The number of hydrogen-bond acceptors (Lipinski definition) is 6. The molecule has 0 atom stereocenters. The lowest BCUT2D eigenvalue weighted by molar-refractivity contribution is 0.0380. The molecule has 0 bridgehead atoms. The third kappa shape index (κ3) is 5.42. The molecule has 0 unspecified atom stereocenters. The minimum Gasteiger partial charge on any atom is -0.460 e. The van der Waals surface area contributed by atoms with Gasteiger partial charge in [0, 0.05) is 20.2 Å². The second-order valence-corrected chi connectivity index (χ2v) is 7.63. The van der Waals surface area contributed by atoms with Crippen LogP contribution in [0.4, 0.5) is 0 Å². The summed E-state index contributed by atoms with van der Waals surface area (Å²) < 4.78 is 10.2. The van der Waals surface area contributed by atoms with Crippen LogP contribution in [0, 0.1) is 19.8 Å². The number of esters is 1. The normalized spacial score (nSPS) is 14.6. The molecule has 0 aliphatic carbocycles. The molecule has 7 nitrogen and oxygen atoms in total. The van der Waals surface area contributed by atoms with Crippen molar-refractivity contribution in [3.8, 4) is 0 Å². The van der Waals surface area contributed by atoms with Crippen LogP contribution in [0.25, 0.3) is 0 Å². The summed E-state index contributed by atoms with van der Waals surface area (Å²) in [4.78, 5) is 36.2. The number of methoxy groups -OCH3 is 1. The predicted octanol–water partition coefficient (Wildman–Crippen LogP) is 2.99. The van der Waals surface area contributed by atoms with Crippen LogP contribution in [0.2, 0.25) is 0 Å². The average Bonchev–Trinajstić information content (AvgIpc) is 2.74. The van der Waals surface area contributed by atoms with Gasteiger partial charge in [-0.15, -0.1) is 0 Å². The van der Waals surface area contributed by atoms with E-state index in [1.807, 2.05) is 6.07 Å². The topological polar surface area (TPSA) is 81.6 Å². The number of aryl methyl sites for hydroxylation is 2. The number of carbonyl (C=O) groups excluding carboxylic acids is 2. The second-order valence-electron chi connectivity index (χ2n) is 7.63. The van der Waals surface area contributed by atoms with Crippen LogP contribution in [0.15, 0.2) is 30.3 Å². The molecule has 1 saturated heterocycles.